The lowest BCUT2D eigenvalue weighted by Crippen LogP contribution is -2.19. The molecule has 0 spiro atoms. The Morgan fingerprint density at radius 3 is 2.57 bits per heavy atom. The number of hydrogen-bond donors (Lipinski definition) is 2. The zero-order valence-corrected chi connectivity index (χ0v) is 17.3. The normalized spacial score (nSPS) is 11.1. The van der Waals surface area contributed by atoms with Gasteiger partial charge in [0.05, 0.1) is 18.4 Å². The SMILES string of the molecule is COc1cc(/C(C)=N/NC(=O)c2cc(Cl)ccc2O)ccc1OCc1ccccc1. The Morgan fingerprint density at radius 1 is 1.07 bits per heavy atom. The van der Waals surface area contributed by atoms with Crippen LogP contribution in [0.15, 0.2) is 71.8 Å². The Kier molecular flexibility index (Phi) is 6.93. The lowest BCUT2D eigenvalue weighted by Gasteiger charge is -2.12. The van der Waals surface area contributed by atoms with Crippen LogP contribution in [0.3, 0.4) is 0 Å². The lowest BCUT2D eigenvalue weighted by atomic mass is 10.1. The first kappa shape index (κ1) is 21.2. The van der Waals surface area contributed by atoms with Gasteiger partial charge in [-0.25, -0.2) is 5.43 Å². The Morgan fingerprint density at radius 2 is 1.83 bits per heavy atom. The number of phenolic OH excluding ortho intramolecular Hbond substituents is 1. The first-order chi connectivity index (χ1) is 14.5. The molecular formula is C23H21ClN2O4. The highest BCUT2D eigenvalue weighted by molar-refractivity contribution is 6.31. The number of benzene rings is 3. The molecule has 154 valence electrons. The molecule has 0 heterocycles. The summed E-state index contributed by atoms with van der Waals surface area (Å²) < 4.78 is 11.3. The van der Waals surface area contributed by atoms with Crippen LogP contribution >= 0.6 is 11.6 Å². The van der Waals surface area contributed by atoms with E-state index in [1.807, 2.05) is 36.4 Å². The Labute approximate surface area is 179 Å². The maximum absolute atomic E-state index is 12.3. The average Bonchev–Trinajstić information content (AvgIpc) is 2.78. The summed E-state index contributed by atoms with van der Waals surface area (Å²) in [4.78, 5) is 12.3. The number of amides is 1. The summed E-state index contributed by atoms with van der Waals surface area (Å²) >= 11 is 5.88. The third-order valence-corrected chi connectivity index (χ3v) is 4.58. The molecule has 0 aromatic heterocycles. The molecule has 2 N–H and O–H groups in total. The van der Waals surface area contributed by atoms with Gasteiger partial charge in [-0.2, -0.15) is 5.10 Å². The highest BCUT2D eigenvalue weighted by Crippen LogP contribution is 2.29. The van der Waals surface area contributed by atoms with Gasteiger partial charge in [-0.15, -0.1) is 0 Å². The minimum atomic E-state index is -0.566. The van der Waals surface area contributed by atoms with E-state index in [0.717, 1.165) is 11.1 Å². The largest absolute Gasteiger partial charge is 0.507 e. The van der Waals surface area contributed by atoms with E-state index in [2.05, 4.69) is 10.5 Å². The van der Waals surface area contributed by atoms with Gasteiger partial charge >= 0.3 is 0 Å². The highest BCUT2D eigenvalue weighted by atomic mass is 35.5. The van der Waals surface area contributed by atoms with Crippen LogP contribution in [-0.2, 0) is 6.61 Å². The number of carbonyl (C=O) groups is 1. The second-order valence-electron chi connectivity index (χ2n) is 6.44. The molecule has 0 bridgehead atoms. The monoisotopic (exact) mass is 424 g/mol. The lowest BCUT2D eigenvalue weighted by molar-refractivity contribution is 0.0952. The summed E-state index contributed by atoms with van der Waals surface area (Å²) in [5.41, 5.74) is 4.81. The number of hydrogen-bond acceptors (Lipinski definition) is 5. The van der Waals surface area contributed by atoms with Gasteiger partial charge in [-0.05, 0) is 48.9 Å². The highest BCUT2D eigenvalue weighted by Gasteiger charge is 2.12. The Hall–Kier alpha value is -3.51. The van der Waals surface area contributed by atoms with Crippen LogP contribution in [0.4, 0.5) is 0 Å². The van der Waals surface area contributed by atoms with Gasteiger partial charge < -0.3 is 14.6 Å². The number of ether oxygens (including phenoxy) is 2. The fourth-order valence-electron chi connectivity index (χ4n) is 2.70. The predicted octanol–water partition coefficient (Wildman–Crippen LogP) is 4.79. The van der Waals surface area contributed by atoms with Crippen molar-refractivity contribution in [1.29, 1.82) is 0 Å². The fourth-order valence-corrected chi connectivity index (χ4v) is 2.87. The molecule has 0 saturated carbocycles. The number of carbonyl (C=O) groups excluding carboxylic acids is 1. The van der Waals surface area contributed by atoms with Gasteiger partial charge in [0.2, 0.25) is 0 Å². The van der Waals surface area contributed by atoms with E-state index in [1.54, 1.807) is 26.2 Å². The topological polar surface area (TPSA) is 80.2 Å². The maximum atomic E-state index is 12.3. The molecule has 3 aromatic rings. The van der Waals surface area contributed by atoms with Crippen LogP contribution in [0, 0.1) is 0 Å². The number of methoxy groups -OCH3 is 1. The molecule has 0 unspecified atom stereocenters. The second kappa shape index (κ2) is 9.80. The molecule has 0 atom stereocenters. The summed E-state index contributed by atoms with van der Waals surface area (Å²) in [6.45, 7) is 2.17. The van der Waals surface area contributed by atoms with Crippen molar-refractivity contribution in [2.75, 3.05) is 7.11 Å². The van der Waals surface area contributed by atoms with Gasteiger partial charge in [-0.3, -0.25) is 4.79 Å². The number of halogens is 1. The second-order valence-corrected chi connectivity index (χ2v) is 6.88. The summed E-state index contributed by atoms with van der Waals surface area (Å²) in [5, 5.41) is 14.3. The third-order valence-electron chi connectivity index (χ3n) is 4.35. The van der Waals surface area contributed by atoms with Gasteiger partial charge in [0.1, 0.15) is 12.4 Å². The summed E-state index contributed by atoms with van der Waals surface area (Å²) in [6, 6.07) is 19.4. The standard InChI is InChI=1S/C23H21ClN2O4/c1-15(25-26-23(28)19-13-18(24)9-10-20(19)27)17-8-11-21(22(12-17)29-2)30-14-16-6-4-3-5-7-16/h3-13,27H,14H2,1-2H3,(H,26,28)/b25-15+. The van der Waals surface area contributed by atoms with Crippen molar-refractivity contribution in [1.82, 2.24) is 5.43 Å². The van der Waals surface area contributed by atoms with Crippen LogP contribution in [-0.4, -0.2) is 23.8 Å². The molecule has 3 rings (SSSR count). The first-order valence-corrected chi connectivity index (χ1v) is 9.54. The van der Waals surface area contributed by atoms with E-state index in [4.69, 9.17) is 21.1 Å². The van der Waals surface area contributed by atoms with Crippen molar-refractivity contribution >= 4 is 23.2 Å². The maximum Gasteiger partial charge on any atom is 0.275 e. The number of rotatable bonds is 7. The van der Waals surface area contributed by atoms with Crippen molar-refractivity contribution < 1.29 is 19.4 Å². The van der Waals surface area contributed by atoms with Gasteiger partial charge in [0, 0.05) is 10.6 Å². The number of phenols is 1. The van der Waals surface area contributed by atoms with E-state index in [9.17, 15) is 9.90 Å². The molecule has 6 nitrogen and oxygen atoms in total. The van der Waals surface area contributed by atoms with E-state index in [1.165, 1.54) is 18.2 Å². The molecular weight excluding hydrogens is 404 g/mol. The Bertz CT molecular complexity index is 1070. The molecule has 3 aromatic carbocycles. The van der Waals surface area contributed by atoms with Crippen molar-refractivity contribution in [3.05, 3.63) is 88.4 Å². The van der Waals surface area contributed by atoms with Crippen LogP contribution in [0.1, 0.15) is 28.4 Å². The molecule has 0 aliphatic rings. The van der Waals surface area contributed by atoms with E-state index in [-0.39, 0.29) is 11.3 Å². The van der Waals surface area contributed by atoms with Crippen LogP contribution in [0.25, 0.3) is 0 Å². The van der Waals surface area contributed by atoms with Crippen molar-refractivity contribution in [3.8, 4) is 17.2 Å². The number of hydrazone groups is 1. The summed E-state index contributed by atoms with van der Waals surface area (Å²) in [7, 11) is 1.56. The third kappa shape index (κ3) is 5.30. The van der Waals surface area contributed by atoms with E-state index < -0.39 is 5.91 Å². The minimum Gasteiger partial charge on any atom is -0.507 e. The number of aromatic hydroxyl groups is 1. The summed E-state index contributed by atoms with van der Waals surface area (Å²) in [5.74, 6) is 0.415. The molecule has 0 saturated heterocycles. The molecule has 30 heavy (non-hydrogen) atoms. The van der Waals surface area contributed by atoms with Gasteiger partial charge in [-0.1, -0.05) is 41.9 Å². The zero-order valence-electron chi connectivity index (χ0n) is 16.6. The van der Waals surface area contributed by atoms with E-state index in [0.29, 0.717) is 28.8 Å². The molecule has 0 fully saturated rings. The quantitative estimate of drug-likeness (QED) is 0.422. The van der Waals surface area contributed by atoms with Crippen LogP contribution < -0.4 is 14.9 Å². The first-order valence-electron chi connectivity index (χ1n) is 9.16. The molecule has 0 radical (unpaired) electrons. The van der Waals surface area contributed by atoms with Gasteiger partial charge in [0.25, 0.3) is 5.91 Å². The van der Waals surface area contributed by atoms with Crippen molar-refractivity contribution in [3.63, 3.8) is 0 Å². The smallest absolute Gasteiger partial charge is 0.275 e. The van der Waals surface area contributed by atoms with Crippen LogP contribution in [0.2, 0.25) is 5.02 Å². The Balaban J connectivity index is 1.71. The van der Waals surface area contributed by atoms with Gasteiger partial charge in [0.15, 0.2) is 11.5 Å². The van der Waals surface area contributed by atoms with Crippen molar-refractivity contribution in [2.24, 2.45) is 5.10 Å². The molecule has 7 heteroatoms. The van der Waals surface area contributed by atoms with Crippen molar-refractivity contribution in [2.45, 2.75) is 13.5 Å². The zero-order chi connectivity index (χ0) is 21.5. The fraction of sp³-hybridized carbons (Fsp3) is 0.130. The predicted molar refractivity (Wildman–Crippen MR) is 117 cm³/mol. The number of nitrogens with zero attached hydrogens (tertiary/aromatic N) is 1. The number of nitrogens with one attached hydrogen (secondary N) is 1. The summed E-state index contributed by atoms with van der Waals surface area (Å²) in [6.07, 6.45) is 0. The molecule has 1 amide bonds. The minimum absolute atomic E-state index is 0.0429. The molecule has 0 aliphatic heterocycles. The average molecular weight is 425 g/mol. The van der Waals surface area contributed by atoms with Crippen LogP contribution in [0.5, 0.6) is 17.2 Å². The van der Waals surface area contributed by atoms with E-state index >= 15 is 0 Å². The molecule has 0 aliphatic carbocycles.